The Kier molecular flexibility index (Phi) is 4.90. The Morgan fingerprint density at radius 3 is 2.81 bits per heavy atom. The molecule has 0 aromatic rings. The first-order chi connectivity index (χ1) is 12.3. The fourth-order valence-corrected chi connectivity index (χ4v) is 3.26. The summed E-state index contributed by atoms with van der Waals surface area (Å²) in [7, 11) is 1.64. The molecule has 0 spiro atoms. The highest BCUT2D eigenvalue weighted by Crippen LogP contribution is 2.23. The lowest BCUT2D eigenvalue weighted by molar-refractivity contribution is -0.527. The van der Waals surface area contributed by atoms with Crippen molar-refractivity contribution in [2.75, 3.05) is 39.9 Å². The zero-order valence-electron chi connectivity index (χ0n) is 15.7. The van der Waals surface area contributed by atoms with Crippen LogP contribution in [0.2, 0.25) is 0 Å². The number of ether oxygens (including phenoxy) is 1. The van der Waals surface area contributed by atoms with Crippen LogP contribution in [0.5, 0.6) is 0 Å². The van der Waals surface area contributed by atoms with Crippen molar-refractivity contribution in [1.82, 2.24) is 14.8 Å². The van der Waals surface area contributed by atoms with Gasteiger partial charge in [-0.15, -0.1) is 10.1 Å². The number of fused-ring (bicyclic) bond motifs is 2. The van der Waals surface area contributed by atoms with Gasteiger partial charge in [0.15, 0.2) is 0 Å². The number of urea groups is 1. The number of aliphatic imine (C=N–C) groups is 1. The van der Waals surface area contributed by atoms with Crippen LogP contribution in [-0.2, 0) is 9.53 Å². The molecular formula is C17H25N6O3+. The van der Waals surface area contributed by atoms with Crippen molar-refractivity contribution in [3.05, 3.63) is 12.2 Å². The zero-order chi connectivity index (χ0) is 19.0. The molecule has 26 heavy (non-hydrogen) atoms. The van der Waals surface area contributed by atoms with Crippen LogP contribution in [0.4, 0.5) is 4.79 Å². The molecule has 3 heterocycles. The van der Waals surface area contributed by atoms with Gasteiger partial charge >= 0.3 is 12.0 Å². The van der Waals surface area contributed by atoms with Crippen molar-refractivity contribution in [3.63, 3.8) is 0 Å². The van der Waals surface area contributed by atoms with E-state index in [2.05, 4.69) is 16.7 Å². The highest BCUT2D eigenvalue weighted by atomic mass is 16.5. The van der Waals surface area contributed by atoms with Gasteiger partial charge in [-0.25, -0.2) is 9.37 Å². The number of guanidine groups is 1. The number of carbonyl (C=O) groups is 2. The molecule has 0 aromatic heterocycles. The molecule has 3 aliphatic rings. The van der Waals surface area contributed by atoms with Gasteiger partial charge in [0.05, 0.1) is 18.9 Å². The predicted molar refractivity (Wildman–Crippen MR) is 97.4 cm³/mol. The van der Waals surface area contributed by atoms with Crippen LogP contribution in [0.1, 0.15) is 20.8 Å². The molecule has 0 aliphatic carbocycles. The fraction of sp³-hybridized carbons (Fsp3) is 0.588. The summed E-state index contributed by atoms with van der Waals surface area (Å²) in [4.78, 5) is 32.9. The monoisotopic (exact) mass is 361 g/mol. The number of hydrogen-bond donors (Lipinski definition) is 0. The second-order valence-electron chi connectivity index (χ2n) is 6.68. The van der Waals surface area contributed by atoms with Crippen LogP contribution in [-0.4, -0.2) is 94.8 Å². The van der Waals surface area contributed by atoms with Crippen LogP contribution in [0.3, 0.4) is 0 Å². The first-order valence-electron chi connectivity index (χ1n) is 8.70. The normalized spacial score (nSPS) is 22.5. The average molecular weight is 361 g/mol. The minimum Gasteiger partial charge on any atom is -0.378 e. The Balaban J connectivity index is 1.93. The van der Waals surface area contributed by atoms with E-state index in [9.17, 15) is 9.59 Å². The quantitative estimate of drug-likeness (QED) is 0.388. The number of likely N-dealkylation sites (N-methyl/N-ethyl adjacent to an activating group) is 1. The summed E-state index contributed by atoms with van der Waals surface area (Å²) in [5, 5.41) is 6.28. The van der Waals surface area contributed by atoms with Crippen molar-refractivity contribution in [2.24, 2.45) is 10.1 Å². The fourth-order valence-electron chi connectivity index (χ4n) is 3.26. The largest absolute Gasteiger partial charge is 0.416 e. The van der Waals surface area contributed by atoms with Crippen molar-refractivity contribution < 1.29 is 18.9 Å². The lowest BCUT2D eigenvalue weighted by Crippen LogP contribution is -2.63. The first-order valence-corrected chi connectivity index (χ1v) is 8.70. The number of imide groups is 1. The Morgan fingerprint density at radius 2 is 2.15 bits per heavy atom. The van der Waals surface area contributed by atoms with Gasteiger partial charge in [0.25, 0.3) is 5.91 Å². The predicted octanol–water partition coefficient (Wildman–Crippen LogP) is 0.334. The van der Waals surface area contributed by atoms with Crippen LogP contribution >= 0.6 is 0 Å². The molecule has 140 valence electrons. The molecule has 9 heteroatoms. The third-order valence-electron chi connectivity index (χ3n) is 4.39. The van der Waals surface area contributed by atoms with E-state index >= 15 is 0 Å². The summed E-state index contributed by atoms with van der Waals surface area (Å²) < 4.78 is 7.32. The first kappa shape index (κ1) is 18.2. The van der Waals surface area contributed by atoms with E-state index in [4.69, 9.17) is 4.74 Å². The van der Waals surface area contributed by atoms with Gasteiger partial charge in [0, 0.05) is 13.7 Å². The Morgan fingerprint density at radius 1 is 1.42 bits per heavy atom. The third-order valence-corrected chi connectivity index (χ3v) is 4.39. The summed E-state index contributed by atoms with van der Waals surface area (Å²) in [6, 6.07) is -1.00. The van der Waals surface area contributed by atoms with E-state index in [1.54, 1.807) is 19.0 Å². The maximum absolute atomic E-state index is 13.0. The van der Waals surface area contributed by atoms with Crippen molar-refractivity contribution >= 4 is 29.4 Å². The number of hydrazone groups is 1. The second-order valence-corrected chi connectivity index (χ2v) is 6.68. The molecule has 0 radical (unpaired) electrons. The summed E-state index contributed by atoms with van der Waals surface area (Å²) >= 11 is 0. The number of amides is 3. The molecule has 3 amide bonds. The summed E-state index contributed by atoms with van der Waals surface area (Å²) in [6.07, 6.45) is 0. The molecule has 0 bridgehead atoms. The van der Waals surface area contributed by atoms with Crippen LogP contribution in [0.25, 0.3) is 0 Å². The third kappa shape index (κ3) is 3.03. The van der Waals surface area contributed by atoms with E-state index in [-0.39, 0.29) is 18.5 Å². The van der Waals surface area contributed by atoms with Crippen molar-refractivity contribution in [3.8, 4) is 0 Å². The standard InChI is InChI=1S/C17H25N6O3/c1-6-26-8-7-23-16-18-14-13(21(16)10-12(4)19-23)15(24)22(9-11(2)3)17(25)20(14)5/h13H,2,6-10H2,1,3-5H3/q+1. The van der Waals surface area contributed by atoms with E-state index in [1.165, 1.54) is 9.80 Å². The van der Waals surface area contributed by atoms with E-state index in [1.807, 2.05) is 18.4 Å². The number of nitrogens with zero attached hydrogens (tertiary/aromatic N) is 6. The Bertz CT molecular complexity index is 754. The van der Waals surface area contributed by atoms with Gasteiger partial charge in [-0.05, 0) is 20.8 Å². The molecule has 1 atom stereocenters. The molecule has 9 nitrogen and oxygen atoms in total. The highest BCUT2D eigenvalue weighted by Gasteiger charge is 2.54. The number of amidine groups is 1. The number of hydrogen-bond acceptors (Lipinski definition) is 6. The maximum atomic E-state index is 13.0. The molecule has 1 saturated heterocycles. The van der Waals surface area contributed by atoms with Gasteiger partial charge in [-0.2, -0.15) is 0 Å². The van der Waals surface area contributed by atoms with Crippen LogP contribution in [0, 0.1) is 0 Å². The van der Waals surface area contributed by atoms with Crippen LogP contribution in [0.15, 0.2) is 22.2 Å². The van der Waals surface area contributed by atoms with Gasteiger partial charge in [0.1, 0.15) is 13.1 Å². The second kappa shape index (κ2) is 6.99. The summed E-state index contributed by atoms with van der Waals surface area (Å²) in [5.41, 5.74) is 1.62. The van der Waals surface area contributed by atoms with Gasteiger partial charge in [-0.1, -0.05) is 17.1 Å². The number of carbonyl (C=O) groups excluding carboxylic acids is 2. The Hall–Kier alpha value is -2.55. The topological polar surface area (TPSA) is 80.8 Å². The lowest BCUT2D eigenvalue weighted by Gasteiger charge is -2.34. The van der Waals surface area contributed by atoms with Gasteiger partial charge < -0.3 is 4.74 Å². The smallest absolute Gasteiger partial charge is 0.378 e. The lowest BCUT2D eigenvalue weighted by atomic mass is 10.1. The molecule has 0 aromatic carbocycles. The van der Waals surface area contributed by atoms with Crippen molar-refractivity contribution in [2.45, 2.75) is 26.8 Å². The van der Waals surface area contributed by atoms with Crippen molar-refractivity contribution in [1.29, 1.82) is 0 Å². The van der Waals surface area contributed by atoms with E-state index in [0.717, 1.165) is 11.3 Å². The molecule has 1 fully saturated rings. The average Bonchev–Trinajstić information content (AvgIpc) is 2.96. The molecule has 3 aliphatic heterocycles. The van der Waals surface area contributed by atoms with E-state index < -0.39 is 6.04 Å². The van der Waals surface area contributed by atoms with Gasteiger partial charge in [0.2, 0.25) is 11.9 Å². The maximum Gasteiger partial charge on any atom is 0.416 e. The summed E-state index contributed by atoms with van der Waals surface area (Å²) in [5.74, 6) is 0.754. The summed E-state index contributed by atoms with van der Waals surface area (Å²) in [6.45, 7) is 11.8. The SMILES string of the molecule is C=C(C)CN1C(=O)C2C(=NC3=[N+]2CC(C)=NN3CCOCC)N(C)C1=O. The van der Waals surface area contributed by atoms with Gasteiger partial charge in [-0.3, -0.25) is 14.6 Å². The molecule has 0 saturated carbocycles. The van der Waals surface area contributed by atoms with Crippen LogP contribution < -0.4 is 0 Å². The highest BCUT2D eigenvalue weighted by molar-refractivity contribution is 6.23. The Labute approximate surface area is 152 Å². The molecule has 1 unspecified atom stereocenters. The molecule has 0 N–H and O–H groups in total. The molecular weight excluding hydrogens is 336 g/mol. The minimum absolute atomic E-state index is 0.204. The minimum atomic E-state index is -0.618. The zero-order valence-corrected chi connectivity index (χ0v) is 15.7. The number of rotatable bonds is 6. The van der Waals surface area contributed by atoms with E-state index in [0.29, 0.717) is 38.1 Å². The molecule has 3 rings (SSSR count).